The van der Waals surface area contributed by atoms with E-state index in [4.69, 9.17) is 4.74 Å². The Morgan fingerprint density at radius 3 is 2.62 bits per heavy atom. The van der Waals surface area contributed by atoms with Crippen LogP contribution in [0.4, 0.5) is 0 Å². The fourth-order valence-corrected chi connectivity index (χ4v) is 4.88. The van der Waals surface area contributed by atoms with Crippen molar-refractivity contribution in [1.82, 2.24) is 14.9 Å². The largest absolute Gasteiger partial charge is 0.493 e. The molecule has 2 N–H and O–H groups in total. The highest BCUT2D eigenvalue weighted by Gasteiger charge is 2.27. The zero-order valence-electron chi connectivity index (χ0n) is 18.0. The molecule has 7 nitrogen and oxygen atoms in total. The Morgan fingerprint density at radius 1 is 1.24 bits per heavy atom. The van der Waals surface area contributed by atoms with E-state index in [2.05, 4.69) is 15.6 Å². The van der Waals surface area contributed by atoms with Crippen molar-refractivity contribution >= 4 is 16.0 Å². The predicted molar refractivity (Wildman–Crippen MR) is 119 cm³/mol. The summed E-state index contributed by atoms with van der Waals surface area (Å²) in [5.74, 6) is 1.95. The monoisotopic (exact) mass is 424 g/mol. The number of ether oxygens (including phenoxy) is 1. The summed E-state index contributed by atoms with van der Waals surface area (Å²) in [4.78, 5) is 4.64. The molecule has 0 bridgehead atoms. The third kappa shape index (κ3) is 7.85. The summed E-state index contributed by atoms with van der Waals surface area (Å²) in [6, 6.07) is 8.25. The molecule has 1 saturated heterocycles. The standard InChI is InChI=1S/C21H36N4O3S/c1-4-17-29(26,27)25-14-11-19(12-15-25)24-21(22-5-2)23-13-8-16-28-20-10-7-6-9-18(20)3/h6-7,9-10,19H,4-5,8,11-17H2,1-3H3,(H2,22,23,24). The number of rotatable bonds is 10. The molecule has 1 aromatic carbocycles. The second-order valence-electron chi connectivity index (χ2n) is 7.36. The molecule has 1 aliphatic heterocycles. The molecule has 1 aliphatic rings. The van der Waals surface area contributed by atoms with Crippen LogP contribution in [-0.2, 0) is 10.0 Å². The van der Waals surface area contributed by atoms with Crippen molar-refractivity contribution in [2.45, 2.75) is 52.5 Å². The molecule has 0 saturated carbocycles. The van der Waals surface area contributed by atoms with E-state index in [1.54, 1.807) is 4.31 Å². The maximum absolute atomic E-state index is 12.2. The van der Waals surface area contributed by atoms with Gasteiger partial charge in [-0.1, -0.05) is 25.1 Å². The van der Waals surface area contributed by atoms with E-state index in [1.165, 1.54) is 0 Å². The first-order chi connectivity index (χ1) is 14.0. The Bertz CT molecular complexity index is 744. The maximum atomic E-state index is 12.2. The average molecular weight is 425 g/mol. The first-order valence-electron chi connectivity index (χ1n) is 10.7. The van der Waals surface area contributed by atoms with E-state index in [0.717, 1.165) is 43.1 Å². The molecular formula is C21H36N4O3S. The number of aryl methyl sites for hydroxylation is 1. The number of sulfonamides is 1. The zero-order chi connectivity index (χ0) is 21.1. The van der Waals surface area contributed by atoms with Gasteiger partial charge in [-0.2, -0.15) is 0 Å². The highest BCUT2D eigenvalue weighted by Crippen LogP contribution is 2.16. The van der Waals surface area contributed by atoms with E-state index in [1.807, 2.05) is 45.0 Å². The van der Waals surface area contributed by atoms with E-state index in [9.17, 15) is 8.42 Å². The molecule has 164 valence electrons. The molecule has 0 aliphatic carbocycles. The Labute approximate surface area is 176 Å². The summed E-state index contributed by atoms with van der Waals surface area (Å²) in [7, 11) is -3.10. The van der Waals surface area contributed by atoms with Gasteiger partial charge in [0.05, 0.1) is 12.4 Å². The van der Waals surface area contributed by atoms with Crippen LogP contribution in [0.15, 0.2) is 29.3 Å². The van der Waals surface area contributed by atoms with Crippen molar-refractivity contribution in [2.24, 2.45) is 4.99 Å². The van der Waals surface area contributed by atoms with Crippen LogP contribution in [0.3, 0.4) is 0 Å². The number of nitrogens with zero attached hydrogens (tertiary/aromatic N) is 2. The van der Waals surface area contributed by atoms with Crippen LogP contribution in [0.2, 0.25) is 0 Å². The Kier molecular flexibility index (Phi) is 9.73. The Morgan fingerprint density at radius 2 is 1.97 bits per heavy atom. The fourth-order valence-electron chi connectivity index (χ4n) is 3.33. The van der Waals surface area contributed by atoms with Gasteiger partial charge in [-0.3, -0.25) is 4.99 Å². The van der Waals surface area contributed by atoms with Gasteiger partial charge < -0.3 is 15.4 Å². The zero-order valence-corrected chi connectivity index (χ0v) is 18.8. The molecule has 0 amide bonds. The average Bonchev–Trinajstić information content (AvgIpc) is 2.69. The quantitative estimate of drug-likeness (QED) is 0.343. The number of aliphatic imine (C=N–C) groups is 1. The van der Waals surface area contributed by atoms with Crippen molar-refractivity contribution in [1.29, 1.82) is 0 Å². The number of para-hydroxylation sites is 1. The van der Waals surface area contributed by atoms with Crippen LogP contribution in [0.1, 0.15) is 45.1 Å². The van der Waals surface area contributed by atoms with Gasteiger partial charge in [0.1, 0.15) is 5.75 Å². The minimum absolute atomic E-state index is 0.236. The molecule has 1 heterocycles. The summed E-state index contributed by atoms with van der Waals surface area (Å²) in [5.41, 5.74) is 1.14. The number of benzene rings is 1. The molecule has 0 unspecified atom stereocenters. The van der Waals surface area contributed by atoms with Gasteiger partial charge in [0.15, 0.2) is 5.96 Å². The molecular weight excluding hydrogens is 388 g/mol. The van der Waals surface area contributed by atoms with Gasteiger partial charge in [0, 0.05) is 38.6 Å². The van der Waals surface area contributed by atoms with Crippen LogP contribution in [0, 0.1) is 6.92 Å². The lowest BCUT2D eigenvalue weighted by atomic mass is 10.1. The molecule has 0 atom stereocenters. The van der Waals surface area contributed by atoms with Crippen molar-refractivity contribution in [3.63, 3.8) is 0 Å². The minimum Gasteiger partial charge on any atom is -0.493 e. The molecule has 0 aromatic heterocycles. The molecule has 2 rings (SSSR count). The summed E-state index contributed by atoms with van der Waals surface area (Å²) >= 11 is 0. The van der Waals surface area contributed by atoms with Gasteiger partial charge in [-0.25, -0.2) is 12.7 Å². The fraction of sp³-hybridized carbons (Fsp3) is 0.667. The highest BCUT2D eigenvalue weighted by atomic mass is 32.2. The first kappa shape index (κ1) is 23.5. The second-order valence-corrected chi connectivity index (χ2v) is 9.45. The van der Waals surface area contributed by atoms with Crippen molar-refractivity contribution in [2.75, 3.05) is 38.5 Å². The van der Waals surface area contributed by atoms with Crippen LogP contribution in [0.5, 0.6) is 5.75 Å². The van der Waals surface area contributed by atoms with Gasteiger partial charge in [0.25, 0.3) is 0 Å². The predicted octanol–water partition coefficient (Wildman–Crippen LogP) is 2.52. The minimum atomic E-state index is -3.10. The third-order valence-electron chi connectivity index (χ3n) is 4.92. The van der Waals surface area contributed by atoms with Crippen LogP contribution < -0.4 is 15.4 Å². The lowest BCUT2D eigenvalue weighted by Crippen LogP contribution is -2.50. The number of piperidine rings is 1. The maximum Gasteiger partial charge on any atom is 0.214 e. The summed E-state index contributed by atoms with van der Waals surface area (Å²) < 4.78 is 31.8. The van der Waals surface area contributed by atoms with Crippen LogP contribution >= 0.6 is 0 Å². The number of hydrogen-bond acceptors (Lipinski definition) is 4. The lowest BCUT2D eigenvalue weighted by Gasteiger charge is -2.32. The third-order valence-corrected chi connectivity index (χ3v) is 6.99. The van der Waals surface area contributed by atoms with Crippen molar-refractivity contribution in [3.8, 4) is 5.75 Å². The molecule has 29 heavy (non-hydrogen) atoms. The lowest BCUT2D eigenvalue weighted by molar-refractivity contribution is 0.305. The molecule has 1 fully saturated rings. The highest BCUT2D eigenvalue weighted by molar-refractivity contribution is 7.89. The summed E-state index contributed by atoms with van der Waals surface area (Å²) in [6.45, 7) is 9.21. The van der Waals surface area contributed by atoms with Crippen LogP contribution in [-0.4, -0.2) is 63.3 Å². The Hall–Kier alpha value is -1.80. The molecule has 0 spiro atoms. The van der Waals surface area contributed by atoms with E-state index < -0.39 is 10.0 Å². The van der Waals surface area contributed by atoms with Gasteiger partial charge in [-0.15, -0.1) is 0 Å². The van der Waals surface area contributed by atoms with E-state index >= 15 is 0 Å². The van der Waals surface area contributed by atoms with E-state index in [-0.39, 0.29) is 11.8 Å². The van der Waals surface area contributed by atoms with Gasteiger partial charge in [-0.05, 0) is 44.7 Å². The van der Waals surface area contributed by atoms with Crippen LogP contribution in [0.25, 0.3) is 0 Å². The van der Waals surface area contributed by atoms with Crippen molar-refractivity contribution in [3.05, 3.63) is 29.8 Å². The molecule has 0 radical (unpaired) electrons. The first-order valence-corrected chi connectivity index (χ1v) is 12.3. The van der Waals surface area contributed by atoms with E-state index in [0.29, 0.717) is 32.7 Å². The van der Waals surface area contributed by atoms with Crippen molar-refractivity contribution < 1.29 is 13.2 Å². The van der Waals surface area contributed by atoms with Gasteiger partial charge >= 0.3 is 0 Å². The smallest absolute Gasteiger partial charge is 0.214 e. The summed E-state index contributed by atoms with van der Waals surface area (Å²) in [6.07, 6.45) is 3.08. The number of guanidine groups is 1. The molecule has 1 aromatic rings. The Balaban J connectivity index is 1.75. The topological polar surface area (TPSA) is 83.0 Å². The number of hydrogen-bond donors (Lipinski definition) is 2. The second kappa shape index (κ2) is 12.0. The SMILES string of the molecule is CCCS(=O)(=O)N1CCC(NC(=NCCCOc2ccccc2C)NCC)CC1. The number of nitrogens with one attached hydrogen (secondary N) is 2. The van der Waals surface area contributed by atoms with Gasteiger partial charge in [0.2, 0.25) is 10.0 Å². The molecule has 8 heteroatoms. The summed E-state index contributed by atoms with van der Waals surface area (Å²) in [5, 5.41) is 6.73. The normalized spacial score (nSPS) is 16.6.